The van der Waals surface area contributed by atoms with Crippen molar-refractivity contribution in [2.45, 2.75) is 71.0 Å². The number of benzene rings is 1. The number of halogens is 1. The molecule has 0 spiro atoms. The average Bonchev–Trinajstić information content (AvgIpc) is 3.03. The zero-order valence-electron chi connectivity index (χ0n) is 17.0. The van der Waals surface area contributed by atoms with Crippen LogP contribution in [0.1, 0.15) is 53.8 Å². The van der Waals surface area contributed by atoms with Crippen molar-refractivity contribution in [3.63, 3.8) is 0 Å². The molecule has 26 heavy (non-hydrogen) atoms. The van der Waals surface area contributed by atoms with Crippen molar-refractivity contribution >= 4 is 19.9 Å². The van der Waals surface area contributed by atoms with E-state index in [-0.39, 0.29) is 0 Å². The molecule has 1 aromatic heterocycles. The second kappa shape index (κ2) is 9.20. The maximum atomic E-state index is 6.62. The molecule has 1 heterocycles. The van der Waals surface area contributed by atoms with E-state index in [1.54, 1.807) is 0 Å². The number of H-pyrrole nitrogens is 1. The smallest absolute Gasteiger partial charge is 0.200 e. The molecule has 1 aromatic carbocycles. The van der Waals surface area contributed by atoms with Crippen LogP contribution in [0.4, 0.5) is 0 Å². The molecule has 2 aromatic rings. The number of nitrogens with one attached hydrogen (secondary N) is 1. The molecule has 0 radical (unpaired) electrons. The van der Waals surface area contributed by atoms with E-state index in [1.807, 2.05) is 30.5 Å². The third-order valence-electron chi connectivity index (χ3n) is 5.40. The summed E-state index contributed by atoms with van der Waals surface area (Å²) in [4.78, 5) is 7.94. The number of aromatic amines is 1. The lowest BCUT2D eigenvalue weighted by atomic mass is 10.2. The summed E-state index contributed by atoms with van der Waals surface area (Å²) in [6.07, 6.45) is 3.80. The van der Waals surface area contributed by atoms with Crippen LogP contribution >= 0.6 is 11.6 Å². The Morgan fingerprint density at radius 2 is 1.58 bits per heavy atom. The van der Waals surface area contributed by atoms with Gasteiger partial charge < -0.3 is 9.41 Å². The Morgan fingerprint density at radius 1 is 1.00 bits per heavy atom. The van der Waals surface area contributed by atoms with Gasteiger partial charge in [-0.1, -0.05) is 65.3 Å². The van der Waals surface area contributed by atoms with Crippen LogP contribution in [-0.2, 0) is 10.8 Å². The van der Waals surface area contributed by atoms with Crippen LogP contribution in [0.5, 0.6) is 0 Å². The van der Waals surface area contributed by atoms with Gasteiger partial charge in [-0.3, -0.25) is 0 Å². The summed E-state index contributed by atoms with van der Waals surface area (Å²) in [5, 5.41) is 0.749. The summed E-state index contributed by atoms with van der Waals surface area (Å²) < 4.78 is 6.62. The fraction of sp³-hybridized carbons (Fsp3) is 0.571. The Balaban J connectivity index is 1.92. The second-order valence-corrected chi connectivity index (χ2v) is 13.9. The molecule has 0 bridgehead atoms. The first-order valence-electron chi connectivity index (χ1n) is 9.71. The van der Waals surface area contributed by atoms with Crippen LogP contribution < -0.4 is 0 Å². The molecule has 0 amide bonds. The number of rotatable bonds is 9. The average molecular weight is 393 g/mol. The molecule has 2 rings (SSSR count). The number of nitrogens with zero attached hydrogens (tertiary/aromatic N) is 1. The van der Waals surface area contributed by atoms with Crippen LogP contribution in [0.2, 0.25) is 21.6 Å². The number of aryl methyl sites for hydroxylation is 1. The molecule has 0 aliphatic rings. The number of imidazole rings is 1. The van der Waals surface area contributed by atoms with Crippen LogP contribution in [-0.4, -0.2) is 24.9 Å². The minimum atomic E-state index is -1.76. The fourth-order valence-corrected chi connectivity index (χ4v) is 9.88. The van der Waals surface area contributed by atoms with Crippen molar-refractivity contribution in [2.75, 3.05) is 6.61 Å². The molecule has 0 aliphatic heterocycles. The van der Waals surface area contributed by atoms with E-state index < -0.39 is 8.32 Å². The summed E-state index contributed by atoms with van der Waals surface area (Å²) >= 11 is 5.96. The van der Waals surface area contributed by atoms with Crippen molar-refractivity contribution in [3.05, 3.63) is 41.3 Å². The molecule has 5 heteroatoms. The van der Waals surface area contributed by atoms with Crippen LogP contribution in [0.25, 0.3) is 11.3 Å². The number of hydrogen-bond donors (Lipinski definition) is 1. The van der Waals surface area contributed by atoms with Crippen molar-refractivity contribution in [3.8, 4) is 11.3 Å². The van der Waals surface area contributed by atoms with Crippen molar-refractivity contribution in [1.82, 2.24) is 9.97 Å². The zero-order valence-corrected chi connectivity index (χ0v) is 18.7. The Kier molecular flexibility index (Phi) is 7.50. The van der Waals surface area contributed by atoms with Crippen LogP contribution in [0, 0.1) is 0 Å². The van der Waals surface area contributed by atoms with Gasteiger partial charge in [-0.2, -0.15) is 0 Å². The monoisotopic (exact) mass is 392 g/mol. The Labute approximate surface area is 164 Å². The van der Waals surface area contributed by atoms with Gasteiger partial charge in [0.15, 0.2) is 8.32 Å². The predicted octanol–water partition coefficient (Wildman–Crippen LogP) is 6.85. The summed E-state index contributed by atoms with van der Waals surface area (Å²) in [7, 11) is -1.76. The highest BCUT2D eigenvalue weighted by Gasteiger charge is 2.44. The number of hydrogen-bond acceptors (Lipinski definition) is 2. The minimum absolute atomic E-state index is 0.627. The summed E-state index contributed by atoms with van der Waals surface area (Å²) in [5.41, 5.74) is 4.02. The molecule has 1 N–H and O–H groups in total. The third kappa shape index (κ3) is 4.79. The summed E-state index contributed by atoms with van der Waals surface area (Å²) in [6, 6.07) is 7.83. The van der Waals surface area contributed by atoms with Gasteiger partial charge in [0.1, 0.15) is 5.82 Å². The number of aromatic nitrogens is 2. The van der Waals surface area contributed by atoms with E-state index in [1.165, 1.54) is 0 Å². The predicted molar refractivity (Wildman–Crippen MR) is 114 cm³/mol. The molecule has 0 fully saturated rings. The maximum absolute atomic E-state index is 6.62. The quantitative estimate of drug-likeness (QED) is 0.374. The molecule has 0 atom stereocenters. The lowest BCUT2D eigenvalue weighted by molar-refractivity contribution is 0.272. The highest BCUT2D eigenvalue weighted by atomic mass is 35.5. The minimum Gasteiger partial charge on any atom is -0.416 e. The van der Waals surface area contributed by atoms with Gasteiger partial charge in [0, 0.05) is 18.1 Å². The van der Waals surface area contributed by atoms with E-state index in [4.69, 9.17) is 16.0 Å². The third-order valence-corrected chi connectivity index (χ3v) is 11.8. The van der Waals surface area contributed by atoms with Gasteiger partial charge in [0.25, 0.3) is 0 Å². The van der Waals surface area contributed by atoms with Gasteiger partial charge in [0.2, 0.25) is 0 Å². The van der Waals surface area contributed by atoms with Crippen molar-refractivity contribution < 1.29 is 4.43 Å². The zero-order chi connectivity index (χ0) is 19.3. The van der Waals surface area contributed by atoms with Crippen LogP contribution in [0.3, 0.4) is 0 Å². The molecular formula is C21H33ClN2OSi. The van der Waals surface area contributed by atoms with Gasteiger partial charge in [-0.05, 0) is 40.7 Å². The van der Waals surface area contributed by atoms with E-state index in [2.05, 4.69) is 51.5 Å². The second-order valence-electron chi connectivity index (χ2n) is 8.02. The Morgan fingerprint density at radius 3 is 2.12 bits per heavy atom. The Hall–Kier alpha value is -1.10. The van der Waals surface area contributed by atoms with E-state index in [9.17, 15) is 0 Å². The summed E-state index contributed by atoms with van der Waals surface area (Å²) in [5.74, 6) is 1.02. The molecule has 0 saturated heterocycles. The van der Waals surface area contributed by atoms with Crippen molar-refractivity contribution in [2.24, 2.45) is 0 Å². The first-order chi connectivity index (χ1) is 12.3. The molecule has 3 nitrogen and oxygen atoms in total. The van der Waals surface area contributed by atoms with E-state index in [0.717, 1.165) is 41.6 Å². The topological polar surface area (TPSA) is 37.9 Å². The maximum Gasteiger partial charge on any atom is 0.200 e. The highest BCUT2D eigenvalue weighted by molar-refractivity contribution is 6.77. The summed E-state index contributed by atoms with van der Waals surface area (Å²) in [6.45, 7) is 14.8. The standard InChI is InChI=1S/C21H33ClN2OSi/c1-15(2)26(16(3)4,17(5)6)25-13-7-8-21-23-14-20(24-21)18-9-11-19(22)12-10-18/h9-12,14-17H,7-8,13H2,1-6H3,(H,23,24). The molecular weight excluding hydrogens is 360 g/mol. The van der Waals surface area contributed by atoms with E-state index in [0.29, 0.717) is 16.6 Å². The first-order valence-corrected chi connectivity index (χ1v) is 12.2. The molecule has 0 aliphatic carbocycles. The van der Waals surface area contributed by atoms with Gasteiger partial charge in [0.05, 0.1) is 11.9 Å². The van der Waals surface area contributed by atoms with E-state index >= 15 is 0 Å². The lowest BCUT2D eigenvalue weighted by Crippen LogP contribution is -2.48. The van der Waals surface area contributed by atoms with Crippen molar-refractivity contribution in [1.29, 1.82) is 0 Å². The SMILES string of the molecule is CC(C)[Si](OCCCc1ncc(-c2ccc(Cl)cc2)[nH]1)(C(C)C)C(C)C. The molecule has 0 saturated carbocycles. The normalized spacial score (nSPS) is 12.5. The first kappa shape index (κ1) is 21.2. The van der Waals surface area contributed by atoms with Gasteiger partial charge >= 0.3 is 0 Å². The molecule has 144 valence electrons. The molecule has 0 unspecified atom stereocenters. The fourth-order valence-electron chi connectivity index (χ4n) is 4.25. The Bertz CT molecular complexity index is 658. The van der Waals surface area contributed by atoms with Crippen LogP contribution in [0.15, 0.2) is 30.5 Å². The van der Waals surface area contributed by atoms with Gasteiger partial charge in [-0.25, -0.2) is 4.98 Å². The highest BCUT2D eigenvalue weighted by Crippen LogP contribution is 2.42. The lowest BCUT2D eigenvalue weighted by Gasteiger charge is -2.42. The van der Waals surface area contributed by atoms with Gasteiger partial charge in [-0.15, -0.1) is 0 Å². The largest absolute Gasteiger partial charge is 0.416 e.